The fourth-order valence-corrected chi connectivity index (χ4v) is 4.48. The zero-order chi connectivity index (χ0) is 27.2. The van der Waals surface area contributed by atoms with Gasteiger partial charge in [-0.25, -0.2) is 4.98 Å². The number of likely N-dealkylation sites (tertiary alicyclic amines) is 1. The van der Waals surface area contributed by atoms with Crippen LogP contribution in [-0.4, -0.2) is 58.2 Å². The summed E-state index contributed by atoms with van der Waals surface area (Å²) in [4.78, 5) is 47.9. The number of imidazole rings is 1. The number of nitrogens with zero attached hydrogens (tertiary/aromatic N) is 2. The van der Waals surface area contributed by atoms with Gasteiger partial charge in [0.1, 0.15) is 11.7 Å². The molecule has 4 rings (SSSR count). The van der Waals surface area contributed by atoms with E-state index in [1.807, 2.05) is 31.2 Å². The van der Waals surface area contributed by atoms with Crippen LogP contribution in [0.5, 0.6) is 0 Å². The lowest BCUT2D eigenvalue weighted by Gasteiger charge is -2.21. The number of amidine groups is 1. The zero-order valence-corrected chi connectivity index (χ0v) is 21.6. The number of fused-ring (bicyclic) bond motifs is 1. The van der Waals surface area contributed by atoms with Crippen LogP contribution in [0.25, 0.3) is 11.0 Å². The molecule has 3 aromatic rings. The molecule has 1 aromatic heterocycles. The summed E-state index contributed by atoms with van der Waals surface area (Å²) in [5.41, 5.74) is 10.4. The standard InChI is InChI=1S/C27H33N7O4/c1-3-38-27(37)22(26(36)34-12-4-5-13-34)25(35)31-14-18-8-11-20-23(16(18)2)33-21(32-20)15-30-19-9-6-17(7-10-19)24(28)29/h6-11,22,30H,3-5,12-15H2,1-2H3,(H3,28,29)(H,31,35)(H,32,33). The van der Waals surface area contributed by atoms with Crippen LogP contribution in [0.3, 0.4) is 0 Å². The first kappa shape index (κ1) is 26.6. The maximum atomic E-state index is 13.0. The van der Waals surface area contributed by atoms with Crippen molar-refractivity contribution in [2.24, 2.45) is 11.7 Å². The lowest BCUT2D eigenvalue weighted by molar-refractivity contribution is -0.158. The molecular formula is C27H33N7O4. The van der Waals surface area contributed by atoms with Crippen LogP contribution < -0.4 is 16.4 Å². The van der Waals surface area contributed by atoms with Crippen molar-refractivity contribution in [3.8, 4) is 0 Å². The molecule has 0 saturated carbocycles. The first-order valence-electron chi connectivity index (χ1n) is 12.7. The second kappa shape index (κ2) is 11.8. The number of hydrogen-bond acceptors (Lipinski definition) is 7. The fraction of sp³-hybridized carbons (Fsp3) is 0.370. The Bertz CT molecular complexity index is 1340. The predicted octanol–water partition coefficient (Wildman–Crippen LogP) is 2.19. The molecule has 0 aliphatic carbocycles. The van der Waals surface area contributed by atoms with Crippen LogP contribution in [0.1, 0.15) is 42.3 Å². The van der Waals surface area contributed by atoms with Gasteiger partial charge >= 0.3 is 5.97 Å². The highest BCUT2D eigenvalue weighted by atomic mass is 16.5. The number of benzene rings is 2. The number of aromatic amines is 1. The largest absolute Gasteiger partial charge is 0.465 e. The molecule has 1 fully saturated rings. The van der Waals surface area contributed by atoms with Gasteiger partial charge in [0.25, 0.3) is 0 Å². The number of carbonyl (C=O) groups excluding carboxylic acids is 3. The van der Waals surface area contributed by atoms with Gasteiger partial charge in [0, 0.05) is 30.9 Å². The highest BCUT2D eigenvalue weighted by molar-refractivity contribution is 6.15. The summed E-state index contributed by atoms with van der Waals surface area (Å²) >= 11 is 0. The maximum Gasteiger partial charge on any atom is 0.328 e. The maximum absolute atomic E-state index is 13.0. The van der Waals surface area contributed by atoms with Crippen molar-refractivity contribution in [3.05, 3.63) is 58.9 Å². The minimum atomic E-state index is -1.51. The number of nitrogen functional groups attached to an aromatic ring is 1. The molecule has 38 heavy (non-hydrogen) atoms. The zero-order valence-electron chi connectivity index (χ0n) is 21.6. The topological polar surface area (TPSA) is 166 Å². The summed E-state index contributed by atoms with van der Waals surface area (Å²) in [6.45, 7) is 5.33. The van der Waals surface area contributed by atoms with Gasteiger partial charge in [-0.05, 0) is 68.1 Å². The second-order valence-electron chi connectivity index (χ2n) is 9.21. The van der Waals surface area contributed by atoms with Gasteiger partial charge in [0.15, 0.2) is 0 Å². The lowest BCUT2D eigenvalue weighted by Crippen LogP contribution is -2.47. The summed E-state index contributed by atoms with van der Waals surface area (Å²) in [6.07, 6.45) is 1.71. The van der Waals surface area contributed by atoms with Crippen molar-refractivity contribution in [1.29, 1.82) is 5.41 Å². The van der Waals surface area contributed by atoms with Crippen LogP contribution >= 0.6 is 0 Å². The molecule has 2 amide bonds. The van der Waals surface area contributed by atoms with Gasteiger partial charge in [-0.15, -0.1) is 0 Å². The Balaban J connectivity index is 1.43. The van der Waals surface area contributed by atoms with E-state index < -0.39 is 23.7 Å². The monoisotopic (exact) mass is 519 g/mol. The number of nitrogens with one attached hydrogen (secondary N) is 4. The molecule has 1 aliphatic heterocycles. The quantitative estimate of drug-likeness (QED) is 0.118. The van der Waals surface area contributed by atoms with Crippen LogP contribution in [0.15, 0.2) is 36.4 Å². The summed E-state index contributed by atoms with van der Waals surface area (Å²) < 4.78 is 5.03. The van der Waals surface area contributed by atoms with Crippen molar-refractivity contribution < 1.29 is 19.1 Å². The summed E-state index contributed by atoms with van der Waals surface area (Å²) in [5.74, 6) is -2.75. The number of H-pyrrole nitrogens is 1. The number of carbonyl (C=O) groups is 3. The van der Waals surface area contributed by atoms with Gasteiger partial charge < -0.3 is 31.0 Å². The van der Waals surface area contributed by atoms with Crippen LogP contribution in [0, 0.1) is 18.3 Å². The Labute approximate surface area is 220 Å². The highest BCUT2D eigenvalue weighted by Gasteiger charge is 2.39. The highest BCUT2D eigenvalue weighted by Crippen LogP contribution is 2.21. The van der Waals surface area contributed by atoms with Crippen molar-refractivity contribution in [3.63, 3.8) is 0 Å². The number of hydrogen-bond donors (Lipinski definition) is 5. The van der Waals surface area contributed by atoms with E-state index >= 15 is 0 Å². The summed E-state index contributed by atoms with van der Waals surface area (Å²) in [5, 5.41) is 13.5. The predicted molar refractivity (Wildman–Crippen MR) is 143 cm³/mol. The Morgan fingerprint density at radius 2 is 1.84 bits per heavy atom. The third-order valence-electron chi connectivity index (χ3n) is 6.63. The van der Waals surface area contributed by atoms with Gasteiger partial charge in [0.2, 0.25) is 17.7 Å². The number of ether oxygens (including phenoxy) is 1. The molecule has 0 bridgehead atoms. The SMILES string of the molecule is CCOC(=O)C(C(=O)NCc1ccc2[nH]c(CNc3ccc(C(=N)N)cc3)nc2c1C)C(=O)N1CCCC1. The molecule has 1 atom stereocenters. The molecule has 200 valence electrons. The molecule has 1 saturated heterocycles. The molecule has 6 N–H and O–H groups in total. The minimum Gasteiger partial charge on any atom is -0.465 e. The average molecular weight is 520 g/mol. The van der Waals surface area contributed by atoms with Crippen LogP contribution in [0.4, 0.5) is 5.69 Å². The number of aryl methyl sites for hydroxylation is 1. The van der Waals surface area contributed by atoms with Crippen molar-refractivity contribution in [2.75, 3.05) is 25.0 Å². The van der Waals surface area contributed by atoms with E-state index in [1.165, 1.54) is 0 Å². The van der Waals surface area contributed by atoms with E-state index in [2.05, 4.69) is 15.6 Å². The van der Waals surface area contributed by atoms with E-state index in [0.717, 1.165) is 46.5 Å². The van der Waals surface area contributed by atoms with E-state index in [4.69, 9.17) is 20.9 Å². The Hall–Kier alpha value is -4.41. The molecule has 0 radical (unpaired) electrons. The third kappa shape index (κ3) is 5.93. The summed E-state index contributed by atoms with van der Waals surface area (Å²) in [7, 11) is 0. The molecule has 2 aromatic carbocycles. The first-order chi connectivity index (χ1) is 18.3. The van der Waals surface area contributed by atoms with Crippen molar-refractivity contribution in [1.82, 2.24) is 20.2 Å². The average Bonchev–Trinajstić information content (AvgIpc) is 3.58. The Kier molecular flexibility index (Phi) is 8.25. The van der Waals surface area contributed by atoms with Crippen LogP contribution in [0.2, 0.25) is 0 Å². The molecule has 11 heteroatoms. The molecule has 2 heterocycles. The fourth-order valence-electron chi connectivity index (χ4n) is 4.48. The second-order valence-corrected chi connectivity index (χ2v) is 9.21. The molecule has 0 spiro atoms. The van der Waals surface area contributed by atoms with Crippen molar-refractivity contribution >= 4 is 40.3 Å². The number of aromatic nitrogens is 2. The number of esters is 1. The van der Waals surface area contributed by atoms with E-state index in [0.29, 0.717) is 25.2 Å². The third-order valence-corrected chi connectivity index (χ3v) is 6.63. The van der Waals surface area contributed by atoms with Crippen molar-refractivity contribution in [2.45, 2.75) is 39.8 Å². The van der Waals surface area contributed by atoms with Gasteiger partial charge in [-0.3, -0.25) is 19.8 Å². The van der Waals surface area contributed by atoms with E-state index in [-0.39, 0.29) is 19.0 Å². The number of rotatable bonds is 10. The molecule has 1 unspecified atom stereocenters. The molecule has 1 aliphatic rings. The van der Waals surface area contributed by atoms with Gasteiger partial charge in [-0.2, -0.15) is 0 Å². The number of amides is 2. The Morgan fingerprint density at radius 1 is 1.13 bits per heavy atom. The van der Waals surface area contributed by atoms with Gasteiger partial charge in [0.05, 0.1) is 24.2 Å². The number of anilines is 1. The first-order valence-corrected chi connectivity index (χ1v) is 12.7. The number of nitrogens with two attached hydrogens (primary N) is 1. The lowest BCUT2D eigenvalue weighted by atomic mass is 10.0. The molecular weight excluding hydrogens is 486 g/mol. The minimum absolute atomic E-state index is 0.0194. The normalized spacial score (nSPS) is 13.8. The van der Waals surface area contributed by atoms with E-state index in [1.54, 1.807) is 24.0 Å². The smallest absolute Gasteiger partial charge is 0.328 e. The summed E-state index contributed by atoms with van der Waals surface area (Å²) in [6, 6.07) is 11.0. The molecule has 11 nitrogen and oxygen atoms in total. The van der Waals surface area contributed by atoms with Crippen LogP contribution in [-0.2, 0) is 32.2 Å². The Morgan fingerprint density at radius 3 is 2.50 bits per heavy atom. The van der Waals surface area contributed by atoms with E-state index in [9.17, 15) is 14.4 Å². The van der Waals surface area contributed by atoms with Gasteiger partial charge in [-0.1, -0.05) is 6.07 Å².